The number of sulfone groups is 1. The third-order valence-electron chi connectivity index (χ3n) is 2.76. The Morgan fingerprint density at radius 1 is 1.53 bits per heavy atom. The molecule has 0 radical (unpaired) electrons. The highest BCUT2D eigenvalue weighted by Crippen LogP contribution is 2.04. The highest BCUT2D eigenvalue weighted by molar-refractivity contribution is 7.90. The molecule has 1 amide bonds. The lowest BCUT2D eigenvalue weighted by molar-refractivity contribution is -0.126. The monoisotopic (exact) mass is 263 g/mol. The first kappa shape index (κ1) is 14.4. The van der Waals surface area contributed by atoms with E-state index in [4.69, 9.17) is 0 Å². The van der Waals surface area contributed by atoms with Crippen molar-refractivity contribution in [2.75, 3.05) is 44.7 Å². The summed E-state index contributed by atoms with van der Waals surface area (Å²) in [5.41, 5.74) is 0. The maximum absolute atomic E-state index is 11.8. The molecule has 1 rings (SSSR count). The lowest BCUT2D eigenvalue weighted by Gasteiger charge is -2.34. The summed E-state index contributed by atoms with van der Waals surface area (Å²) in [4.78, 5) is 13.7. The number of carbonyl (C=O) groups is 1. The van der Waals surface area contributed by atoms with Gasteiger partial charge in [0.25, 0.3) is 0 Å². The summed E-state index contributed by atoms with van der Waals surface area (Å²) >= 11 is 0. The van der Waals surface area contributed by atoms with Crippen molar-refractivity contribution in [3.05, 3.63) is 0 Å². The van der Waals surface area contributed by atoms with Crippen LogP contribution in [0.15, 0.2) is 0 Å². The van der Waals surface area contributed by atoms with Crippen LogP contribution < -0.4 is 10.6 Å². The predicted molar refractivity (Wildman–Crippen MR) is 66.6 cm³/mol. The summed E-state index contributed by atoms with van der Waals surface area (Å²) < 4.78 is 22.3. The van der Waals surface area contributed by atoms with E-state index in [-0.39, 0.29) is 17.7 Å². The molecular formula is C10H21N3O3S. The minimum atomic E-state index is -2.98. The van der Waals surface area contributed by atoms with Gasteiger partial charge in [-0.15, -0.1) is 0 Å². The molecule has 0 aliphatic carbocycles. The second-order valence-corrected chi connectivity index (χ2v) is 6.54. The van der Waals surface area contributed by atoms with E-state index in [0.717, 1.165) is 6.54 Å². The average Bonchev–Trinajstić information content (AvgIpc) is 2.26. The molecule has 0 aromatic heterocycles. The van der Waals surface area contributed by atoms with E-state index in [0.29, 0.717) is 26.2 Å². The fourth-order valence-corrected chi connectivity index (χ4v) is 2.41. The summed E-state index contributed by atoms with van der Waals surface area (Å²) in [6.07, 6.45) is 1.22. The number of nitrogens with zero attached hydrogens (tertiary/aromatic N) is 1. The van der Waals surface area contributed by atoms with Gasteiger partial charge in [-0.2, -0.15) is 0 Å². The maximum atomic E-state index is 11.8. The van der Waals surface area contributed by atoms with Crippen LogP contribution >= 0.6 is 0 Å². The zero-order valence-corrected chi connectivity index (χ0v) is 11.2. The molecule has 1 aliphatic heterocycles. The van der Waals surface area contributed by atoms with Crippen LogP contribution in [0.4, 0.5) is 0 Å². The summed E-state index contributed by atoms with van der Waals surface area (Å²) in [5, 5.41) is 5.92. The summed E-state index contributed by atoms with van der Waals surface area (Å²) in [6.45, 7) is 4.96. The molecule has 2 N–H and O–H groups in total. The second kappa shape index (κ2) is 6.32. The molecule has 1 aliphatic rings. The summed E-state index contributed by atoms with van der Waals surface area (Å²) in [5.74, 6) is 0.0660. The topological polar surface area (TPSA) is 78.5 Å². The Hall–Kier alpha value is -0.660. The van der Waals surface area contributed by atoms with E-state index in [1.165, 1.54) is 6.26 Å². The predicted octanol–water partition coefficient (Wildman–Crippen LogP) is -1.56. The average molecular weight is 263 g/mol. The van der Waals surface area contributed by atoms with Crippen molar-refractivity contribution < 1.29 is 13.2 Å². The first-order valence-electron chi connectivity index (χ1n) is 5.84. The van der Waals surface area contributed by atoms with E-state index in [1.807, 2.05) is 11.8 Å². The first-order chi connectivity index (χ1) is 7.94. The van der Waals surface area contributed by atoms with Gasteiger partial charge in [-0.3, -0.25) is 9.69 Å². The van der Waals surface area contributed by atoms with Gasteiger partial charge < -0.3 is 10.6 Å². The smallest absolute Gasteiger partial charge is 0.238 e. The molecule has 1 unspecified atom stereocenters. The van der Waals surface area contributed by atoms with Gasteiger partial charge in [0.05, 0.1) is 5.75 Å². The molecule has 1 atom stereocenters. The minimum absolute atomic E-state index is 0.0341. The molecule has 0 saturated carbocycles. The van der Waals surface area contributed by atoms with Crippen LogP contribution in [0.3, 0.4) is 0 Å². The van der Waals surface area contributed by atoms with Crippen LogP contribution in [-0.2, 0) is 14.6 Å². The molecule has 0 aromatic rings. The Balaban J connectivity index is 2.56. The van der Waals surface area contributed by atoms with Crippen molar-refractivity contribution in [3.8, 4) is 0 Å². The zero-order chi connectivity index (χ0) is 12.9. The number of carbonyl (C=O) groups excluding carboxylic acids is 1. The Morgan fingerprint density at radius 2 is 2.24 bits per heavy atom. The van der Waals surface area contributed by atoms with Gasteiger partial charge in [0.2, 0.25) is 5.91 Å². The fraction of sp³-hybridized carbons (Fsp3) is 0.900. The number of amides is 1. The van der Waals surface area contributed by atoms with Crippen LogP contribution in [0.2, 0.25) is 0 Å². The molecule has 1 fully saturated rings. The van der Waals surface area contributed by atoms with Crippen LogP contribution in [0, 0.1) is 0 Å². The maximum Gasteiger partial charge on any atom is 0.238 e. The summed E-state index contributed by atoms with van der Waals surface area (Å²) in [7, 11) is -2.98. The molecule has 1 saturated heterocycles. The molecule has 0 bridgehead atoms. The van der Waals surface area contributed by atoms with Gasteiger partial charge in [-0.25, -0.2) is 8.42 Å². The van der Waals surface area contributed by atoms with Crippen molar-refractivity contribution in [2.45, 2.75) is 13.0 Å². The molecule has 17 heavy (non-hydrogen) atoms. The standard InChI is InChI=1S/C10H21N3O3S/c1-3-12-10(14)9-8-11-4-5-13(9)6-7-17(2,15)16/h9,11H,3-8H2,1-2H3,(H,12,14). The Bertz CT molecular complexity index is 356. The number of rotatable bonds is 5. The number of nitrogens with one attached hydrogen (secondary N) is 2. The zero-order valence-electron chi connectivity index (χ0n) is 10.4. The first-order valence-corrected chi connectivity index (χ1v) is 7.90. The van der Waals surface area contributed by atoms with Gasteiger partial charge in [0.15, 0.2) is 0 Å². The Morgan fingerprint density at radius 3 is 2.82 bits per heavy atom. The van der Waals surface area contributed by atoms with Crippen LogP contribution in [0.5, 0.6) is 0 Å². The van der Waals surface area contributed by atoms with E-state index in [2.05, 4.69) is 10.6 Å². The van der Waals surface area contributed by atoms with Gasteiger partial charge in [-0.05, 0) is 6.92 Å². The molecule has 7 heteroatoms. The van der Waals surface area contributed by atoms with E-state index >= 15 is 0 Å². The van der Waals surface area contributed by atoms with Crippen molar-refractivity contribution in [1.82, 2.24) is 15.5 Å². The molecule has 100 valence electrons. The van der Waals surface area contributed by atoms with Crippen molar-refractivity contribution in [2.24, 2.45) is 0 Å². The quantitative estimate of drug-likeness (QED) is 0.627. The largest absolute Gasteiger partial charge is 0.355 e. The highest BCUT2D eigenvalue weighted by Gasteiger charge is 2.28. The normalized spacial score (nSPS) is 22.4. The van der Waals surface area contributed by atoms with Gasteiger partial charge >= 0.3 is 0 Å². The molecule has 1 heterocycles. The number of hydrogen-bond acceptors (Lipinski definition) is 5. The highest BCUT2D eigenvalue weighted by atomic mass is 32.2. The third-order valence-corrected chi connectivity index (χ3v) is 3.68. The van der Waals surface area contributed by atoms with Crippen molar-refractivity contribution in [3.63, 3.8) is 0 Å². The van der Waals surface area contributed by atoms with E-state index in [1.54, 1.807) is 0 Å². The fourth-order valence-electron chi connectivity index (χ4n) is 1.85. The molecule has 0 spiro atoms. The third kappa shape index (κ3) is 5.01. The summed E-state index contributed by atoms with van der Waals surface area (Å²) in [6, 6.07) is -0.259. The van der Waals surface area contributed by atoms with Gasteiger partial charge in [0.1, 0.15) is 15.9 Å². The van der Waals surface area contributed by atoms with Crippen LogP contribution in [0.25, 0.3) is 0 Å². The Kier molecular flexibility index (Phi) is 5.35. The second-order valence-electron chi connectivity index (χ2n) is 4.28. The minimum Gasteiger partial charge on any atom is -0.355 e. The number of piperazine rings is 1. The van der Waals surface area contributed by atoms with Crippen LogP contribution in [-0.4, -0.2) is 70.0 Å². The van der Waals surface area contributed by atoms with E-state index < -0.39 is 9.84 Å². The van der Waals surface area contributed by atoms with Crippen LogP contribution in [0.1, 0.15) is 6.92 Å². The molecular weight excluding hydrogens is 242 g/mol. The Labute approximate surface area is 103 Å². The SMILES string of the molecule is CCNC(=O)C1CNCCN1CCS(C)(=O)=O. The van der Waals surface area contributed by atoms with Crippen molar-refractivity contribution >= 4 is 15.7 Å². The molecule has 6 nitrogen and oxygen atoms in total. The lowest BCUT2D eigenvalue weighted by atomic mass is 10.2. The van der Waals surface area contributed by atoms with Gasteiger partial charge in [0, 0.05) is 39.0 Å². The van der Waals surface area contributed by atoms with Gasteiger partial charge in [-0.1, -0.05) is 0 Å². The molecule has 0 aromatic carbocycles. The number of likely N-dealkylation sites (N-methyl/N-ethyl adjacent to an activating group) is 1. The number of hydrogen-bond donors (Lipinski definition) is 2. The lowest BCUT2D eigenvalue weighted by Crippen LogP contribution is -2.58. The van der Waals surface area contributed by atoms with Crippen molar-refractivity contribution in [1.29, 1.82) is 0 Å². The van der Waals surface area contributed by atoms with E-state index in [9.17, 15) is 13.2 Å².